The van der Waals surface area contributed by atoms with Crippen LogP contribution in [0, 0.1) is 0 Å². The van der Waals surface area contributed by atoms with Crippen LogP contribution in [0.1, 0.15) is 32.6 Å². The minimum absolute atomic E-state index is 0.194. The fraction of sp³-hybridized carbons (Fsp3) is 0.526. The molecule has 0 radical (unpaired) electrons. The van der Waals surface area contributed by atoms with Gasteiger partial charge >= 0.3 is 5.97 Å². The maximum Gasteiger partial charge on any atom is 0.331 e. The standard InChI is InChI=1S/C19H20N4O2/c1-12-18(23-15-7-3-2-6-14(15)20-21-23)11-13-10-17(24)25-19(13,18)16-8-4-5-9-22(12)16/h2-3,6-7,10,12,16H,4-5,8-9,11H2,1H3/t12-,16+,18?,19-/m0/s1. The lowest BCUT2D eigenvalue weighted by Gasteiger charge is -2.55. The summed E-state index contributed by atoms with van der Waals surface area (Å²) >= 11 is 0. The van der Waals surface area contributed by atoms with Gasteiger partial charge in [0.2, 0.25) is 0 Å². The van der Waals surface area contributed by atoms with Crippen LogP contribution in [0.15, 0.2) is 35.9 Å². The average molecular weight is 336 g/mol. The minimum Gasteiger partial charge on any atom is -0.447 e. The predicted octanol–water partition coefficient (Wildman–Crippen LogP) is 2.01. The zero-order valence-corrected chi connectivity index (χ0v) is 14.2. The maximum atomic E-state index is 12.2. The molecule has 0 N–H and O–H groups in total. The van der Waals surface area contributed by atoms with Crippen molar-refractivity contribution < 1.29 is 9.53 Å². The molecule has 1 unspecified atom stereocenters. The van der Waals surface area contributed by atoms with Crippen LogP contribution < -0.4 is 0 Å². The van der Waals surface area contributed by atoms with Gasteiger partial charge in [-0.1, -0.05) is 23.8 Å². The first-order chi connectivity index (χ1) is 12.2. The van der Waals surface area contributed by atoms with Gasteiger partial charge in [0.15, 0.2) is 5.60 Å². The molecule has 25 heavy (non-hydrogen) atoms. The van der Waals surface area contributed by atoms with Crippen molar-refractivity contribution in [2.45, 2.75) is 55.8 Å². The first-order valence-electron chi connectivity index (χ1n) is 9.19. The number of fused-ring (bicyclic) bond motifs is 2. The summed E-state index contributed by atoms with van der Waals surface area (Å²) in [7, 11) is 0. The van der Waals surface area contributed by atoms with Gasteiger partial charge in [0.05, 0.1) is 11.6 Å². The van der Waals surface area contributed by atoms with Gasteiger partial charge in [-0.25, -0.2) is 9.48 Å². The molecule has 4 aliphatic rings. The van der Waals surface area contributed by atoms with Crippen molar-refractivity contribution in [3.63, 3.8) is 0 Å². The van der Waals surface area contributed by atoms with Crippen molar-refractivity contribution in [3.05, 3.63) is 35.9 Å². The number of carbonyl (C=O) groups excluding carboxylic acids is 1. The molecule has 3 aliphatic heterocycles. The maximum absolute atomic E-state index is 12.2. The summed E-state index contributed by atoms with van der Waals surface area (Å²) in [5.41, 5.74) is 2.16. The van der Waals surface area contributed by atoms with Crippen LogP contribution in [0.5, 0.6) is 0 Å². The molecule has 0 bridgehead atoms. The summed E-state index contributed by atoms with van der Waals surface area (Å²) in [5.74, 6) is -0.194. The fourth-order valence-electron chi connectivity index (χ4n) is 6.10. The van der Waals surface area contributed by atoms with E-state index in [1.54, 1.807) is 6.08 Å². The monoisotopic (exact) mass is 336 g/mol. The molecule has 128 valence electrons. The van der Waals surface area contributed by atoms with Gasteiger partial charge in [-0.3, -0.25) is 4.90 Å². The second kappa shape index (κ2) is 4.30. The molecule has 6 rings (SSSR count). The molecule has 2 aromatic rings. The largest absolute Gasteiger partial charge is 0.447 e. The van der Waals surface area contributed by atoms with Crippen molar-refractivity contribution in [2.24, 2.45) is 0 Å². The van der Waals surface area contributed by atoms with Crippen molar-refractivity contribution in [1.29, 1.82) is 0 Å². The lowest BCUT2D eigenvalue weighted by atomic mass is 9.56. The number of hydrogen-bond donors (Lipinski definition) is 0. The van der Waals surface area contributed by atoms with E-state index in [1.165, 1.54) is 12.8 Å². The van der Waals surface area contributed by atoms with Crippen LogP contribution >= 0.6 is 0 Å². The second-order valence-electron chi connectivity index (χ2n) is 7.84. The summed E-state index contributed by atoms with van der Waals surface area (Å²) < 4.78 is 8.20. The Balaban J connectivity index is 1.63. The average Bonchev–Trinajstić information content (AvgIpc) is 3.21. The van der Waals surface area contributed by atoms with E-state index < -0.39 is 5.60 Å². The molecule has 6 heteroatoms. The van der Waals surface area contributed by atoms with Gasteiger partial charge in [0.1, 0.15) is 11.1 Å². The Morgan fingerprint density at radius 3 is 3.04 bits per heavy atom. The first-order valence-corrected chi connectivity index (χ1v) is 9.19. The molecule has 1 saturated carbocycles. The Bertz CT molecular complexity index is 950. The van der Waals surface area contributed by atoms with Gasteiger partial charge < -0.3 is 4.74 Å². The number of para-hydroxylation sites is 1. The molecule has 1 spiro atoms. The Morgan fingerprint density at radius 2 is 2.16 bits per heavy atom. The molecule has 6 nitrogen and oxygen atoms in total. The normalized spacial score (nSPS) is 39.4. The van der Waals surface area contributed by atoms with Gasteiger partial charge in [-0.05, 0) is 44.0 Å². The quantitative estimate of drug-likeness (QED) is 0.746. The third kappa shape index (κ3) is 1.34. The third-order valence-electron chi connectivity index (χ3n) is 7.07. The van der Waals surface area contributed by atoms with E-state index >= 15 is 0 Å². The lowest BCUT2D eigenvalue weighted by Crippen LogP contribution is -2.69. The SMILES string of the molecule is C[C@@H]1N2CCCC[C@@H]2[C@@]23OC(=O)C=C2CC13n1nnc2ccccc21. The topological polar surface area (TPSA) is 60.2 Å². The minimum atomic E-state index is -0.555. The van der Waals surface area contributed by atoms with Crippen molar-refractivity contribution >= 4 is 17.0 Å². The molecule has 4 atom stereocenters. The van der Waals surface area contributed by atoms with E-state index in [-0.39, 0.29) is 23.6 Å². The number of aromatic nitrogens is 3. The van der Waals surface area contributed by atoms with E-state index in [2.05, 4.69) is 32.9 Å². The summed E-state index contributed by atoms with van der Waals surface area (Å²) in [6, 6.07) is 8.58. The number of carbonyl (C=O) groups is 1. The van der Waals surface area contributed by atoms with E-state index in [9.17, 15) is 4.79 Å². The number of ether oxygens (including phenoxy) is 1. The van der Waals surface area contributed by atoms with Crippen LogP contribution in [-0.4, -0.2) is 50.1 Å². The van der Waals surface area contributed by atoms with Crippen molar-refractivity contribution in [2.75, 3.05) is 6.54 Å². The van der Waals surface area contributed by atoms with Gasteiger partial charge in [0.25, 0.3) is 0 Å². The van der Waals surface area contributed by atoms with E-state index in [0.717, 1.165) is 36.0 Å². The predicted molar refractivity (Wildman–Crippen MR) is 90.8 cm³/mol. The van der Waals surface area contributed by atoms with Gasteiger partial charge in [-0.15, -0.1) is 5.10 Å². The molecule has 1 aliphatic carbocycles. The third-order valence-corrected chi connectivity index (χ3v) is 7.07. The molecule has 2 saturated heterocycles. The van der Waals surface area contributed by atoms with E-state index in [1.807, 2.05) is 18.2 Å². The molecule has 1 aromatic carbocycles. The van der Waals surface area contributed by atoms with Gasteiger partial charge in [0, 0.05) is 18.5 Å². The second-order valence-corrected chi connectivity index (χ2v) is 7.84. The molecule has 0 amide bonds. The summed E-state index contributed by atoms with van der Waals surface area (Å²) in [6.45, 7) is 3.33. The number of benzene rings is 1. The first kappa shape index (κ1) is 14.0. The highest BCUT2D eigenvalue weighted by Gasteiger charge is 2.80. The van der Waals surface area contributed by atoms with Crippen LogP contribution in [0.3, 0.4) is 0 Å². The highest BCUT2D eigenvalue weighted by Crippen LogP contribution is 2.67. The van der Waals surface area contributed by atoms with Crippen molar-refractivity contribution in [3.8, 4) is 0 Å². The van der Waals surface area contributed by atoms with Crippen LogP contribution in [0.2, 0.25) is 0 Å². The Labute approximate surface area is 145 Å². The van der Waals surface area contributed by atoms with E-state index in [4.69, 9.17) is 4.74 Å². The summed E-state index contributed by atoms with van der Waals surface area (Å²) in [4.78, 5) is 14.8. The number of piperidine rings is 1. The molecular weight excluding hydrogens is 316 g/mol. The molecular formula is C19H20N4O2. The zero-order chi connectivity index (χ0) is 16.8. The Hall–Kier alpha value is -2.21. The highest BCUT2D eigenvalue weighted by molar-refractivity contribution is 5.89. The Kier molecular flexibility index (Phi) is 2.41. The fourth-order valence-corrected chi connectivity index (χ4v) is 6.10. The van der Waals surface area contributed by atoms with E-state index in [0.29, 0.717) is 0 Å². The van der Waals surface area contributed by atoms with Crippen LogP contribution in [0.4, 0.5) is 0 Å². The number of nitrogens with zero attached hydrogens (tertiary/aromatic N) is 4. The molecule has 4 heterocycles. The van der Waals surface area contributed by atoms with Crippen LogP contribution in [0.25, 0.3) is 11.0 Å². The van der Waals surface area contributed by atoms with Crippen molar-refractivity contribution in [1.82, 2.24) is 19.9 Å². The molecule has 3 fully saturated rings. The van der Waals surface area contributed by atoms with Gasteiger partial charge in [-0.2, -0.15) is 0 Å². The number of rotatable bonds is 1. The molecule has 1 aromatic heterocycles. The zero-order valence-electron chi connectivity index (χ0n) is 14.2. The number of hydrogen-bond acceptors (Lipinski definition) is 5. The van der Waals surface area contributed by atoms with Crippen LogP contribution in [-0.2, 0) is 15.1 Å². The Morgan fingerprint density at radius 1 is 1.28 bits per heavy atom. The smallest absolute Gasteiger partial charge is 0.331 e. The highest BCUT2D eigenvalue weighted by atomic mass is 16.6. The lowest BCUT2D eigenvalue weighted by molar-refractivity contribution is -0.167. The summed E-state index contributed by atoms with van der Waals surface area (Å²) in [5, 5.41) is 8.95. The number of esters is 1. The summed E-state index contributed by atoms with van der Waals surface area (Å²) in [6.07, 6.45) is 6.01.